The Morgan fingerprint density at radius 1 is 1.00 bits per heavy atom. The Hall–Kier alpha value is -0.0800. The van der Waals surface area contributed by atoms with Gasteiger partial charge in [0.2, 0.25) is 0 Å². The fourth-order valence-electron chi connectivity index (χ4n) is 1.64. The van der Waals surface area contributed by atoms with Crippen LogP contribution >= 0.6 is 0 Å². The van der Waals surface area contributed by atoms with E-state index in [1.165, 1.54) is 12.8 Å². The number of hydrogen-bond donors (Lipinski definition) is 2. The molecule has 0 aromatic rings. The third kappa shape index (κ3) is 18.5. The molecule has 0 spiro atoms. The van der Waals surface area contributed by atoms with E-state index in [-0.39, 0.29) is 6.10 Å². The Labute approximate surface area is 108 Å². The van der Waals surface area contributed by atoms with E-state index in [1.54, 1.807) is 0 Å². The summed E-state index contributed by atoms with van der Waals surface area (Å²) in [5.74, 6) is 1.42. The van der Waals surface area contributed by atoms with Crippen molar-refractivity contribution in [3.63, 3.8) is 0 Å². The van der Waals surface area contributed by atoms with E-state index in [1.807, 2.05) is 0 Å². The molecule has 0 bridgehead atoms. The zero-order chi connectivity index (χ0) is 13.7. The molecule has 0 aliphatic rings. The molecule has 17 heavy (non-hydrogen) atoms. The monoisotopic (exact) mass is 246 g/mol. The fourth-order valence-corrected chi connectivity index (χ4v) is 1.64. The van der Waals surface area contributed by atoms with Gasteiger partial charge in [-0.3, -0.25) is 0 Å². The Morgan fingerprint density at radius 2 is 1.59 bits per heavy atom. The van der Waals surface area contributed by atoms with E-state index in [0.717, 1.165) is 31.6 Å². The molecule has 2 heteroatoms. The largest absolute Gasteiger partial charge is 0.396 e. The van der Waals surface area contributed by atoms with Crippen LogP contribution in [-0.2, 0) is 0 Å². The molecule has 106 valence electrons. The first-order chi connectivity index (χ1) is 7.97. The van der Waals surface area contributed by atoms with Gasteiger partial charge in [0, 0.05) is 6.61 Å². The average Bonchev–Trinajstić information content (AvgIpc) is 2.26. The molecular weight excluding hydrogens is 212 g/mol. The van der Waals surface area contributed by atoms with Gasteiger partial charge in [-0.15, -0.1) is 0 Å². The predicted octanol–water partition coefficient (Wildman–Crippen LogP) is 4.00. The maximum Gasteiger partial charge on any atom is 0.0542 e. The van der Waals surface area contributed by atoms with Crippen LogP contribution in [0.2, 0.25) is 0 Å². The van der Waals surface area contributed by atoms with Crippen LogP contribution in [-0.4, -0.2) is 22.9 Å². The Bertz CT molecular complexity index is 135. The molecule has 0 saturated heterocycles. The normalized spacial score (nSPS) is 14.1. The van der Waals surface area contributed by atoms with Crippen molar-refractivity contribution < 1.29 is 10.2 Å². The van der Waals surface area contributed by atoms with Crippen LogP contribution < -0.4 is 0 Å². The molecule has 0 rings (SSSR count). The summed E-state index contributed by atoms with van der Waals surface area (Å²) in [6, 6.07) is 0. The fraction of sp³-hybridized carbons (Fsp3) is 1.00. The van der Waals surface area contributed by atoms with Gasteiger partial charge >= 0.3 is 0 Å². The second-order valence-corrected chi connectivity index (χ2v) is 5.45. The van der Waals surface area contributed by atoms with E-state index < -0.39 is 0 Å². The predicted molar refractivity (Wildman–Crippen MR) is 76.1 cm³/mol. The van der Waals surface area contributed by atoms with Crippen molar-refractivity contribution in [3.05, 3.63) is 0 Å². The number of hydrogen-bond acceptors (Lipinski definition) is 2. The molecule has 0 aliphatic heterocycles. The van der Waals surface area contributed by atoms with E-state index in [0.29, 0.717) is 12.5 Å². The lowest BCUT2D eigenvalue weighted by Crippen LogP contribution is -2.08. The van der Waals surface area contributed by atoms with Crippen LogP contribution in [0.4, 0.5) is 0 Å². The quantitative estimate of drug-likeness (QED) is 0.679. The molecule has 0 aromatic heterocycles. The molecule has 0 radical (unpaired) electrons. The lowest BCUT2D eigenvalue weighted by molar-refractivity contribution is 0.138. The van der Waals surface area contributed by atoms with Crippen molar-refractivity contribution in [1.29, 1.82) is 0 Å². The molecule has 0 saturated carbocycles. The maximum atomic E-state index is 9.22. The van der Waals surface area contributed by atoms with Crippen LogP contribution in [0.15, 0.2) is 0 Å². The lowest BCUT2D eigenvalue weighted by atomic mass is 10.0. The standard InChI is InChI=1S/C8H18O.C7H16O/c1-4-5-8(9)6-7(2)3;1-3-7(2)5-4-6-8/h7-9H,4-6H2,1-3H3;7-8H,3-6H2,1-2H3. The highest BCUT2D eigenvalue weighted by Crippen LogP contribution is 2.08. The zero-order valence-corrected chi connectivity index (χ0v) is 12.6. The third-order valence-corrected chi connectivity index (χ3v) is 2.92. The molecule has 0 heterocycles. The molecule has 2 unspecified atom stereocenters. The van der Waals surface area contributed by atoms with Crippen molar-refractivity contribution in [2.24, 2.45) is 11.8 Å². The summed E-state index contributed by atoms with van der Waals surface area (Å²) in [4.78, 5) is 0. The van der Waals surface area contributed by atoms with Crippen molar-refractivity contribution >= 4 is 0 Å². The molecule has 2 nitrogen and oxygen atoms in total. The van der Waals surface area contributed by atoms with Crippen LogP contribution in [0.25, 0.3) is 0 Å². The van der Waals surface area contributed by atoms with Crippen molar-refractivity contribution in [2.45, 2.75) is 79.2 Å². The summed E-state index contributed by atoms with van der Waals surface area (Å²) >= 11 is 0. The van der Waals surface area contributed by atoms with Crippen molar-refractivity contribution in [1.82, 2.24) is 0 Å². The minimum absolute atomic E-state index is 0.0602. The minimum Gasteiger partial charge on any atom is -0.396 e. The molecule has 0 amide bonds. The summed E-state index contributed by atoms with van der Waals surface area (Å²) in [5, 5.41) is 17.6. The van der Waals surface area contributed by atoms with Gasteiger partial charge in [-0.05, 0) is 37.5 Å². The summed E-state index contributed by atoms with van der Waals surface area (Å²) in [7, 11) is 0. The Morgan fingerprint density at radius 3 is 1.94 bits per heavy atom. The molecule has 2 atom stereocenters. The first-order valence-corrected chi connectivity index (χ1v) is 7.26. The molecule has 2 N–H and O–H groups in total. The van der Waals surface area contributed by atoms with Gasteiger partial charge in [0.05, 0.1) is 6.10 Å². The molecule has 0 fully saturated rings. The van der Waals surface area contributed by atoms with E-state index in [9.17, 15) is 5.11 Å². The Balaban J connectivity index is 0. The van der Waals surface area contributed by atoms with Gasteiger partial charge in [0.15, 0.2) is 0 Å². The SMILES string of the molecule is CCC(C)CCCO.CCCC(O)CC(C)C. The van der Waals surface area contributed by atoms with Gasteiger partial charge in [0.25, 0.3) is 0 Å². The summed E-state index contributed by atoms with van der Waals surface area (Å²) in [6.45, 7) is 11.1. The van der Waals surface area contributed by atoms with Gasteiger partial charge in [-0.2, -0.15) is 0 Å². The zero-order valence-electron chi connectivity index (χ0n) is 12.6. The van der Waals surface area contributed by atoms with Crippen LogP contribution in [0.5, 0.6) is 0 Å². The highest BCUT2D eigenvalue weighted by Gasteiger charge is 2.03. The first-order valence-electron chi connectivity index (χ1n) is 7.26. The van der Waals surface area contributed by atoms with E-state index in [4.69, 9.17) is 5.11 Å². The van der Waals surface area contributed by atoms with Gasteiger partial charge in [0.1, 0.15) is 0 Å². The molecule has 0 aromatic carbocycles. The number of aliphatic hydroxyl groups excluding tert-OH is 2. The van der Waals surface area contributed by atoms with Crippen LogP contribution in [0.3, 0.4) is 0 Å². The maximum absolute atomic E-state index is 9.22. The van der Waals surface area contributed by atoms with Crippen molar-refractivity contribution in [2.75, 3.05) is 6.61 Å². The second-order valence-electron chi connectivity index (χ2n) is 5.45. The second kappa shape index (κ2) is 14.0. The van der Waals surface area contributed by atoms with Crippen LogP contribution in [0, 0.1) is 11.8 Å². The first kappa shape index (κ1) is 19.3. The Kier molecular flexibility index (Phi) is 15.8. The minimum atomic E-state index is -0.0602. The lowest BCUT2D eigenvalue weighted by Gasteiger charge is -2.10. The van der Waals surface area contributed by atoms with E-state index >= 15 is 0 Å². The highest BCUT2D eigenvalue weighted by molar-refractivity contribution is 4.56. The van der Waals surface area contributed by atoms with Gasteiger partial charge < -0.3 is 10.2 Å². The number of aliphatic hydroxyl groups is 2. The molecule has 0 aliphatic carbocycles. The van der Waals surface area contributed by atoms with Gasteiger partial charge in [-0.1, -0.05) is 47.5 Å². The molecular formula is C15H34O2. The summed E-state index contributed by atoms with van der Waals surface area (Å²) in [5.41, 5.74) is 0. The average molecular weight is 246 g/mol. The van der Waals surface area contributed by atoms with Crippen LogP contribution in [0.1, 0.15) is 73.1 Å². The van der Waals surface area contributed by atoms with Gasteiger partial charge in [-0.25, -0.2) is 0 Å². The summed E-state index contributed by atoms with van der Waals surface area (Å²) < 4.78 is 0. The third-order valence-electron chi connectivity index (χ3n) is 2.92. The smallest absolute Gasteiger partial charge is 0.0542 e. The summed E-state index contributed by atoms with van der Waals surface area (Å²) in [6.07, 6.45) is 6.32. The number of rotatable bonds is 8. The highest BCUT2D eigenvalue weighted by atomic mass is 16.3. The topological polar surface area (TPSA) is 40.5 Å². The van der Waals surface area contributed by atoms with Crippen molar-refractivity contribution in [3.8, 4) is 0 Å². The van der Waals surface area contributed by atoms with E-state index in [2.05, 4.69) is 34.6 Å².